The molecule has 1 saturated heterocycles. The molecule has 76 valence electrons. The third-order valence-electron chi connectivity index (χ3n) is 3.11. The molecule has 1 nitrogen and oxygen atoms in total. The summed E-state index contributed by atoms with van der Waals surface area (Å²) in [4.78, 5) is 0. The minimum Gasteiger partial charge on any atom is -1.00 e. The molecule has 0 aromatic carbocycles. The van der Waals surface area contributed by atoms with E-state index in [0.717, 1.165) is 0 Å². The van der Waals surface area contributed by atoms with Crippen molar-refractivity contribution in [2.24, 2.45) is 0 Å². The van der Waals surface area contributed by atoms with E-state index in [9.17, 15) is 0 Å². The van der Waals surface area contributed by atoms with Gasteiger partial charge in [-0.25, -0.2) is 0 Å². The molecule has 1 rings (SSSR count). The van der Waals surface area contributed by atoms with Crippen LogP contribution < -0.4 is 24.0 Å². The van der Waals surface area contributed by atoms with Gasteiger partial charge < -0.3 is 28.5 Å². The van der Waals surface area contributed by atoms with Crippen molar-refractivity contribution in [1.29, 1.82) is 0 Å². The van der Waals surface area contributed by atoms with Crippen LogP contribution in [0.1, 0.15) is 40.5 Å². The average molecular weight is 285 g/mol. The topological polar surface area (TPSA) is 0 Å². The van der Waals surface area contributed by atoms with Crippen molar-refractivity contribution in [2.75, 3.05) is 26.2 Å². The summed E-state index contributed by atoms with van der Waals surface area (Å²) in [6.07, 6.45) is 4.39. The first-order valence-electron chi connectivity index (χ1n) is 4.68. The van der Waals surface area contributed by atoms with Crippen molar-refractivity contribution in [3.63, 3.8) is 0 Å². The highest BCUT2D eigenvalue weighted by Crippen LogP contribution is 2.17. The van der Waals surface area contributed by atoms with Gasteiger partial charge >= 0.3 is 0 Å². The minimum atomic E-state index is 0. The molecule has 1 heterocycles. The van der Waals surface area contributed by atoms with E-state index >= 15 is 0 Å². The molecular weight excluding hydrogens is 261 g/mol. The molecule has 1 aliphatic rings. The number of piperidine rings is 1. The molecule has 0 saturated carbocycles. The van der Waals surface area contributed by atoms with Crippen LogP contribution in [0, 0.1) is 0 Å². The second-order valence-electron chi connectivity index (χ2n) is 3.48. The second kappa shape index (κ2) is 7.13. The highest BCUT2D eigenvalue weighted by atomic mass is 127. The van der Waals surface area contributed by atoms with Crippen molar-refractivity contribution < 1.29 is 28.5 Å². The Balaban J connectivity index is 0. The number of quaternary nitrogens is 1. The van der Waals surface area contributed by atoms with Gasteiger partial charge in [-0.1, -0.05) is 7.43 Å². The molecule has 0 atom stereocenters. The smallest absolute Gasteiger partial charge is 0.0786 e. The van der Waals surface area contributed by atoms with E-state index in [0.29, 0.717) is 0 Å². The van der Waals surface area contributed by atoms with Crippen molar-refractivity contribution in [2.45, 2.75) is 40.5 Å². The van der Waals surface area contributed by atoms with Crippen molar-refractivity contribution in [3.8, 4) is 0 Å². The molecule has 0 spiro atoms. The lowest BCUT2D eigenvalue weighted by molar-refractivity contribution is -0.929. The maximum Gasteiger partial charge on any atom is 0.0786 e. The van der Waals surface area contributed by atoms with E-state index in [1.165, 1.54) is 49.9 Å². The first-order chi connectivity index (χ1) is 4.83. The molecule has 0 unspecified atom stereocenters. The highest BCUT2D eigenvalue weighted by Gasteiger charge is 2.24. The lowest BCUT2D eigenvalue weighted by Crippen LogP contribution is -3.00. The zero-order valence-electron chi connectivity index (χ0n) is 7.77. The Morgan fingerprint density at radius 2 is 1.33 bits per heavy atom. The summed E-state index contributed by atoms with van der Waals surface area (Å²) in [7, 11) is 0. The summed E-state index contributed by atoms with van der Waals surface area (Å²) < 4.78 is 1.39. The van der Waals surface area contributed by atoms with Gasteiger partial charge in [0, 0.05) is 0 Å². The molecule has 0 aromatic rings. The van der Waals surface area contributed by atoms with Gasteiger partial charge in [0.1, 0.15) is 0 Å². The zero-order chi connectivity index (χ0) is 7.45. The molecule has 1 fully saturated rings. The minimum absolute atomic E-state index is 0. The van der Waals surface area contributed by atoms with Gasteiger partial charge in [0.15, 0.2) is 0 Å². The van der Waals surface area contributed by atoms with E-state index in [4.69, 9.17) is 0 Å². The predicted molar refractivity (Wildman–Crippen MR) is 51.7 cm³/mol. The third kappa shape index (κ3) is 3.60. The Labute approximate surface area is 95.1 Å². The summed E-state index contributed by atoms with van der Waals surface area (Å²) in [6.45, 7) is 10.2. The maximum absolute atomic E-state index is 2.33. The number of hydrogen-bond donors (Lipinski definition) is 0. The SMILES string of the molecule is C.CC[N+]1(CC)CCCCC1.[I-]. The monoisotopic (exact) mass is 285 g/mol. The maximum atomic E-state index is 2.33. The third-order valence-corrected chi connectivity index (χ3v) is 3.11. The van der Waals surface area contributed by atoms with E-state index < -0.39 is 0 Å². The van der Waals surface area contributed by atoms with Crippen LogP contribution in [0.2, 0.25) is 0 Å². The number of nitrogens with zero attached hydrogens (tertiary/aromatic N) is 1. The van der Waals surface area contributed by atoms with Gasteiger partial charge in [-0.15, -0.1) is 0 Å². The fraction of sp³-hybridized carbons (Fsp3) is 1.00. The average Bonchev–Trinajstić information content (AvgIpc) is 2.06. The van der Waals surface area contributed by atoms with Crippen LogP contribution in [0.4, 0.5) is 0 Å². The highest BCUT2D eigenvalue weighted by molar-refractivity contribution is 4.51. The van der Waals surface area contributed by atoms with Crippen LogP contribution in [0.15, 0.2) is 0 Å². The van der Waals surface area contributed by atoms with E-state index in [-0.39, 0.29) is 31.4 Å². The van der Waals surface area contributed by atoms with E-state index in [2.05, 4.69) is 13.8 Å². The first kappa shape index (κ1) is 15.2. The lowest BCUT2D eigenvalue weighted by Gasteiger charge is -2.39. The molecule has 1 aliphatic heterocycles. The summed E-state index contributed by atoms with van der Waals surface area (Å²) >= 11 is 0. The standard InChI is InChI=1S/C9H20N.CH4.HI/c1-3-10(4-2)8-6-5-7-9-10;;/h3-9H2,1-2H3;1H4;1H/q+1;;/p-1. The van der Waals surface area contributed by atoms with Crippen molar-refractivity contribution in [1.82, 2.24) is 0 Å². The predicted octanol–water partition coefficient (Wildman–Crippen LogP) is -0.333. The van der Waals surface area contributed by atoms with Gasteiger partial charge in [0.25, 0.3) is 0 Å². The fourth-order valence-electron chi connectivity index (χ4n) is 2.04. The Kier molecular flexibility index (Phi) is 9.01. The van der Waals surface area contributed by atoms with Crippen molar-refractivity contribution in [3.05, 3.63) is 0 Å². The van der Waals surface area contributed by atoms with Gasteiger partial charge in [-0.2, -0.15) is 0 Å². The molecule has 0 aliphatic carbocycles. The van der Waals surface area contributed by atoms with Crippen LogP contribution in [-0.2, 0) is 0 Å². The second-order valence-corrected chi connectivity index (χ2v) is 3.48. The van der Waals surface area contributed by atoms with E-state index in [1.54, 1.807) is 0 Å². The van der Waals surface area contributed by atoms with Crippen LogP contribution in [-0.4, -0.2) is 30.7 Å². The molecular formula is C10H24IN. The van der Waals surface area contributed by atoms with Gasteiger partial charge in [-0.3, -0.25) is 0 Å². The summed E-state index contributed by atoms with van der Waals surface area (Å²) in [5, 5.41) is 0. The molecule has 12 heavy (non-hydrogen) atoms. The number of halogens is 1. The van der Waals surface area contributed by atoms with Crippen LogP contribution in [0.5, 0.6) is 0 Å². The van der Waals surface area contributed by atoms with Gasteiger partial charge in [0.05, 0.1) is 26.2 Å². The lowest BCUT2D eigenvalue weighted by atomic mass is 10.1. The molecule has 0 radical (unpaired) electrons. The number of hydrogen-bond acceptors (Lipinski definition) is 0. The normalized spacial score (nSPS) is 20.5. The van der Waals surface area contributed by atoms with Gasteiger partial charge in [-0.05, 0) is 33.1 Å². The quantitative estimate of drug-likeness (QED) is 0.481. The Hall–Kier alpha value is 0.690. The van der Waals surface area contributed by atoms with E-state index in [1.807, 2.05) is 0 Å². The largest absolute Gasteiger partial charge is 1.00 e. The van der Waals surface area contributed by atoms with Crippen LogP contribution >= 0.6 is 0 Å². The zero-order valence-corrected chi connectivity index (χ0v) is 9.93. The molecule has 2 heteroatoms. The molecule has 0 N–H and O–H groups in total. The Bertz CT molecular complexity index is 92.0. The molecule has 0 aromatic heterocycles. The first-order valence-corrected chi connectivity index (χ1v) is 4.68. The van der Waals surface area contributed by atoms with Crippen LogP contribution in [0.25, 0.3) is 0 Å². The summed E-state index contributed by atoms with van der Waals surface area (Å²) in [5.41, 5.74) is 0. The number of likely N-dealkylation sites (tertiary alicyclic amines) is 1. The van der Waals surface area contributed by atoms with Crippen LogP contribution in [0.3, 0.4) is 0 Å². The summed E-state index contributed by atoms with van der Waals surface area (Å²) in [6, 6.07) is 0. The fourth-order valence-corrected chi connectivity index (χ4v) is 2.04. The number of rotatable bonds is 2. The Morgan fingerprint density at radius 1 is 0.917 bits per heavy atom. The molecule has 0 bridgehead atoms. The molecule has 0 amide bonds. The Morgan fingerprint density at radius 3 is 1.58 bits per heavy atom. The summed E-state index contributed by atoms with van der Waals surface area (Å²) in [5.74, 6) is 0. The van der Waals surface area contributed by atoms with Crippen molar-refractivity contribution >= 4 is 0 Å². The van der Waals surface area contributed by atoms with Gasteiger partial charge in [0.2, 0.25) is 0 Å².